The van der Waals surface area contributed by atoms with Crippen LogP contribution >= 0.6 is 11.6 Å². The number of aromatic nitrogens is 1. The number of nitrogens with zero attached hydrogens (tertiary/aromatic N) is 2. The molecule has 0 unspecified atom stereocenters. The monoisotopic (exact) mass is 594 g/mol. The molecule has 41 heavy (non-hydrogen) atoms. The van der Waals surface area contributed by atoms with Crippen LogP contribution < -0.4 is 14.4 Å². The first-order chi connectivity index (χ1) is 19.6. The Morgan fingerprint density at radius 1 is 0.927 bits per heavy atom. The van der Waals surface area contributed by atoms with Crippen LogP contribution in [-0.4, -0.2) is 32.5 Å². The average Bonchev–Trinajstić information content (AvgIpc) is 2.94. The quantitative estimate of drug-likeness (QED) is 0.130. The van der Waals surface area contributed by atoms with Crippen molar-refractivity contribution >= 4 is 33.3 Å². The SMILES string of the molecule is CC(=O)N(Cc1cc(C)ccc1OCCCOS(=O)(=O)c1ccc(C)cc1)c1cccnc1Oc1ccc(Cl)cc1. The third-order valence-electron chi connectivity index (χ3n) is 6.09. The van der Waals surface area contributed by atoms with Gasteiger partial charge in [-0.25, -0.2) is 4.98 Å². The van der Waals surface area contributed by atoms with Gasteiger partial charge in [0.1, 0.15) is 17.2 Å². The third-order valence-corrected chi connectivity index (χ3v) is 7.67. The maximum Gasteiger partial charge on any atom is 0.296 e. The van der Waals surface area contributed by atoms with E-state index in [4.69, 9.17) is 25.3 Å². The number of anilines is 1. The number of carbonyl (C=O) groups is 1. The van der Waals surface area contributed by atoms with Gasteiger partial charge in [0.2, 0.25) is 11.8 Å². The van der Waals surface area contributed by atoms with Crippen molar-refractivity contribution in [1.82, 2.24) is 4.98 Å². The second-order valence-corrected chi connectivity index (χ2v) is 11.4. The van der Waals surface area contributed by atoms with Gasteiger partial charge in [-0.15, -0.1) is 0 Å². The topological polar surface area (TPSA) is 95.0 Å². The number of ether oxygens (including phenoxy) is 2. The highest BCUT2D eigenvalue weighted by Crippen LogP contribution is 2.33. The molecule has 1 amide bonds. The Hall–Kier alpha value is -3.92. The van der Waals surface area contributed by atoms with Gasteiger partial charge >= 0.3 is 0 Å². The molecule has 214 valence electrons. The lowest BCUT2D eigenvalue weighted by atomic mass is 10.1. The summed E-state index contributed by atoms with van der Waals surface area (Å²) in [4.78, 5) is 18.9. The lowest BCUT2D eigenvalue weighted by Gasteiger charge is -2.24. The Balaban J connectivity index is 1.44. The fourth-order valence-corrected chi connectivity index (χ4v) is 5.04. The van der Waals surface area contributed by atoms with Gasteiger partial charge in [0.15, 0.2) is 0 Å². The van der Waals surface area contributed by atoms with Gasteiger partial charge in [-0.1, -0.05) is 47.0 Å². The predicted octanol–water partition coefficient (Wildman–Crippen LogP) is 6.87. The summed E-state index contributed by atoms with van der Waals surface area (Å²) >= 11 is 5.99. The molecule has 1 aromatic heterocycles. The van der Waals surface area contributed by atoms with Crippen LogP contribution in [0.15, 0.2) is 90.0 Å². The van der Waals surface area contributed by atoms with Gasteiger partial charge in [0, 0.05) is 30.1 Å². The Bertz CT molecular complexity index is 1590. The van der Waals surface area contributed by atoms with Crippen LogP contribution in [0.1, 0.15) is 30.0 Å². The van der Waals surface area contributed by atoms with Crippen molar-refractivity contribution in [2.45, 2.75) is 38.6 Å². The van der Waals surface area contributed by atoms with Crippen LogP contribution in [0, 0.1) is 13.8 Å². The maximum atomic E-state index is 12.8. The van der Waals surface area contributed by atoms with Crippen LogP contribution in [0.3, 0.4) is 0 Å². The number of benzene rings is 3. The normalized spacial score (nSPS) is 11.2. The molecule has 3 aromatic carbocycles. The van der Waals surface area contributed by atoms with E-state index in [0.29, 0.717) is 28.6 Å². The van der Waals surface area contributed by atoms with E-state index in [1.807, 2.05) is 32.0 Å². The smallest absolute Gasteiger partial charge is 0.296 e. The summed E-state index contributed by atoms with van der Waals surface area (Å²) in [5, 5.41) is 0.579. The Morgan fingerprint density at radius 2 is 1.63 bits per heavy atom. The molecule has 10 heteroatoms. The summed E-state index contributed by atoms with van der Waals surface area (Å²) in [6.07, 6.45) is 1.94. The zero-order valence-electron chi connectivity index (χ0n) is 23.0. The summed E-state index contributed by atoms with van der Waals surface area (Å²) in [6, 6.07) is 22.5. The number of rotatable bonds is 12. The zero-order valence-corrected chi connectivity index (χ0v) is 24.6. The number of hydrogen-bond donors (Lipinski definition) is 0. The molecule has 0 radical (unpaired) electrons. The highest BCUT2D eigenvalue weighted by Gasteiger charge is 2.21. The first-order valence-electron chi connectivity index (χ1n) is 13.0. The van der Waals surface area contributed by atoms with Crippen LogP contribution in [0.2, 0.25) is 5.02 Å². The molecule has 4 rings (SSSR count). The van der Waals surface area contributed by atoms with Gasteiger partial charge in [-0.2, -0.15) is 8.42 Å². The van der Waals surface area contributed by atoms with Crippen molar-refractivity contribution in [1.29, 1.82) is 0 Å². The first-order valence-corrected chi connectivity index (χ1v) is 14.8. The number of halogens is 1. The van der Waals surface area contributed by atoms with Crippen molar-refractivity contribution in [2.75, 3.05) is 18.1 Å². The lowest BCUT2D eigenvalue weighted by Crippen LogP contribution is -2.28. The summed E-state index contributed by atoms with van der Waals surface area (Å²) in [7, 11) is -3.84. The van der Waals surface area contributed by atoms with E-state index in [-0.39, 0.29) is 36.4 Å². The highest BCUT2D eigenvalue weighted by molar-refractivity contribution is 7.86. The molecule has 4 aromatic rings. The number of pyridine rings is 1. The molecule has 0 aliphatic rings. The van der Waals surface area contributed by atoms with Crippen LogP contribution in [0.5, 0.6) is 17.4 Å². The average molecular weight is 595 g/mol. The molecule has 0 aliphatic heterocycles. The summed E-state index contributed by atoms with van der Waals surface area (Å²) < 4.78 is 42.0. The van der Waals surface area contributed by atoms with Gasteiger partial charge in [-0.05, 0) is 68.4 Å². The standard InChI is InChI=1S/C31H31ClN2O6S/c1-22-7-14-28(15-8-22)41(36,37)39-19-5-18-38-30-16-9-23(2)20-25(30)21-34(24(3)35)29-6-4-17-33-31(29)40-27-12-10-26(32)11-13-27/h4,6-17,20H,5,18-19,21H2,1-3H3. The lowest BCUT2D eigenvalue weighted by molar-refractivity contribution is -0.116. The van der Waals surface area contributed by atoms with Gasteiger partial charge in [-0.3, -0.25) is 8.98 Å². The molecular weight excluding hydrogens is 564 g/mol. The van der Waals surface area contributed by atoms with E-state index in [0.717, 1.165) is 16.7 Å². The Morgan fingerprint density at radius 3 is 2.34 bits per heavy atom. The van der Waals surface area contributed by atoms with Crippen molar-refractivity contribution < 1.29 is 26.9 Å². The third kappa shape index (κ3) is 8.29. The van der Waals surface area contributed by atoms with Crippen molar-refractivity contribution in [3.05, 3.63) is 107 Å². The molecule has 0 aliphatic carbocycles. The Labute approximate surface area is 245 Å². The maximum absolute atomic E-state index is 12.8. The summed E-state index contributed by atoms with van der Waals surface area (Å²) in [5.74, 6) is 1.17. The summed E-state index contributed by atoms with van der Waals surface area (Å²) in [5.41, 5.74) is 3.22. The fraction of sp³-hybridized carbons (Fsp3) is 0.226. The van der Waals surface area contributed by atoms with Crippen molar-refractivity contribution in [3.63, 3.8) is 0 Å². The first kappa shape index (κ1) is 30.0. The Kier molecular flexibility index (Phi) is 9.99. The van der Waals surface area contributed by atoms with Gasteiger partial charge in [0.25, 0.3) is 10.1 Å². The van der Waals surface area contributed by atoms with E-state index >= 15 is 0 Å². The molecule has 0 fully saturated rings. The van der Waals surface area contributed by atoms with E-state index in [1.54, 1.807) is 59.6 Å². The van der Waals surface area contributed by atoms with E-state index in [9.17, 15) is 13.2 Å². The van der Waals surface area contributed by atoms with Crippen LogP contribution in [-0.2, 0) is 25.6 Å². The number of amides is 1. The molecule has 0 bridgehead atoms. The minimum Gasteiger partial charge on any atom is -0.493 e. The molecule has 0 N–H and O–H groups in total. The molecule has 1 heterocycles. The second-order valence-electron chi connectivity index (χ2n) is 9.39. The number of hydrogen-bond acceptors (Lipinski definition) is 7. The molecule has 0 spiro atoms. The molecule has 8 nitrogen and oxygen atoms in total. The zero-order chi connectivity index (χ0) is 29.4. The van der Waals surface area contributed by atoms with E-state index in [2.05, 4.69) is 4.98 Å². The summed E-state index contributed by atoms with van der Waals surface area (Å²) in [6.45, 7) is 5.70. The highest BCUT2D eigenvalue weighted by atomic mass is 35.5. The van der Waals surface area contributed by atoms with Gasteiger partial charge in [0.05, 0.1) is 24.7 Å². The molecule has 0 atom stereocenters. The number of aryl methyl sites for hydroxylation is 2. The minimum absolute atomic E-state index is 0.0297. The van der Waals surface area contributed by atoms with Crippen LogP contribution in [0.4, 0.5) is 5.69 Å². The molecule has 0 saturated carbocycles. The largest absolute Gasteiger partial charge is 0.493 e. The van der Waals surface area contributed by atoms with Crippen molar-refractivity contribution in [3.8, 4) is 17.4 Å². The molecule has 0 saturated heterocycles. The van der Waals surface area contributed by atoms with E-state index < -0.39 is 10.1 Å². The second kappa shape index (κ2) is 13.6. The minimum atomic E-state index is -3.84. The predicted molar refractivity (Wildman–Crippen MR) is 158 cm³/mol. The van der Waals surface area contributed by atoms with E-state index in [1.165, 1.54) is 19.1 Å². The fourth-order valence-electron chi connectivity index (χ4n) is 3.97. The van der Waals surface area contributed by atoms with Crippen LogP contribution in [0.25, 0.3) is 0 Å². The molecular formula is C31H31ClN2O6S. The van der Waals surface area contributed by atoms with Gasteiger partial charge < -0.3 is 14.4 Å². The number of carbonyl (C=O) groups excluding carboxylic acids is 1. The van der Waals surface area contributed by atoms with Crippen molar-refractivity contribution in [2.24, 2.45) is 0 Å².